The van der Waals surface area contributed by atoms with Crippen LogP contribution in [-0.2, 0) is 10.0 Å². The van der Waals surface area contributed by atoms with Crippen LogP contribution in [0.3, 0.4) is 0 Å². The molecule has 1 aliphatic heterocycles. The molecule has 2 unspecified atom stereocenters. The summed E-state index contributed by atoms with van der Waals surface area (Å²) in [6.45, 7) is 5.40. The molecular weight excluding hydrogens is 262 g/mol. The Bertz CT molecular complexity index is 517. The van der Waals surface area contributed by atoms with Gasteiger partial charge in [0, 0.05) is 18.8 Å². The highest BCUT2D eigenvalue weighted by Crippen LogP contribution is 2.27. The molecule has 2 rings (SSSR count). The molecule has 0 spiro atoms. The lowest BCUT2D eigenvalue weighted by Gasteiger charge is -2.34. The van der Waals surface area contributed by atoms with Crippen LogP contribution in [0.25, 0.3) is 0 Å². The maximum Gasteiger partial charge on any atom is 0.243 e. The molecule has 0 saturated carbocycles. The van der Waals surface area contributed by atoms with E-state index in [2.05, 4.69) is 19.3 Å². The van der Waals surface area contributed by atoms with Crippen molar-refractivity contribution in [1.82, 2.24) is 4.31 Å². The molecule has 106 valence electrons. The summed E-state index contributed by atoms with van der Waals surface area (Å²) in [5.41, 5.74) is 3.18. The van der Waals surface area contributed by atoms with Gasteiger partial charge >= 0.3 is 0 Å². The van der Waals surface area contributed by atoms with Crippen LogP contribution in [0, 0.1) is 11.8 Å². The van der Waals surface area contributed by atoms with Gasteiger partial charge in [0.05, 0.1) is 4.90 Å². The van der Waals surface area contributed by atoms with Gasteiger partial charge in [-0.15, -0.1) is 0 Å². The van der Waals surface area contributed by atoms with Gasteiger partial charge < -0.3 is 5.43 Å². The second kappa shape index (κ2) is 5.48. The Kier molecular flexibility index (Phi) is 4.13. The summed E-state index contributed by atoms with van der Waals surface area (Å²) in [4.78, 5) is 0.327. The highest BCUT2D eigenvalue weighted by Gasteiger charge is 2.31. The van der Waals surface area contributed by atoms with Gasteiger partial charge in [-0.05, 0) is 42.5 Å². The summed E-state index contributed by atoms with van der Waals surface area (Å²) >= 11 is 0. The zero-order chi connectivity index (χ0) is 14.0. The summed E-state index contributed by atoms with van der Waals surface area (Å²) in [7, 11) is -3.39. The number of nitrogens with zero attached hydrogens (tertiary/aromatic N) is 1. The number of rotatable bonds is 3. The first-order valence-electron chi connectivity index (χ1n) is 6.50. The van der Waals surface area contributed by atoms with Crippen LogP contribution < -0.4 is 11.3 Å². The summed E-state index contributed by atoms with van der Waals surface area (Å²) in [5, 5.41) is 0. The number of benzene rings is 1. The molecule has 1 aliphatic rings. The van der Waals surface area contributed by atoms with Gasteiger partial charge in [0.15, 0.2) is 0 Å². The average molecular weight is 283 g/mol. The quantitative estimate of drug-likeness (QED) is 0.653. The van der Waals surface area contributed by atoms with Crippen LogP contribution in [0.1, 0.15) is 20.3 Å². The molecule has 1 aromatic rings. The van der Waals surface area contributed by atoms with E-state index in [-0.39, 0.29) is 0 Å². The van der Waals surface area contributed by atoms with Crippen molar-refractivity contribution in [1.29, 1.82) is 0 Å². The lowest BCUT2D eigenvalue weighted by Crippen LogP contribution is -2.42. The van der Waals surface area contributed by atoms with Gasteiger partial charge in [-0.25, -0.2) is 8.42 Å². The van der Waals surface area contributed by atoms with Crippen LogP contribution >= 0.6 is 0 Å². The first-order valence-corrected chi connectivity index (χ1v) is 7.94. The topological polar surface area (TPSA) is 75.4 Å². The van der Waals surface area contributed by atoms with Crippen LogP contribution in [0.5, 0.6) is 0 Å². The minimum atomic E-state index is -3.39. The Balaban J connectivity index is 2.25. The maximum absolute atomic E-state index is 12.6. The molecule has 0 aromatic heterocycles. The second-order valence-corrected chi connectivity index (χ2v) is 7.37. The van der Waals surface area contributed by atoms with E-state index in [9.17, 15) is 8.42 Å². The maximum atomic E-state index is 12.6. The normalized spacial score (nSPS) is 25.2. The smallest absolute Gasteiger partial charge is 0.243 e. The standard InChI is InChI=1S/C13H21N3O2S/c1-10-7-11(2)9-16(8-10)19(17,18)13-5-3-12(15-14)4-6-13/h3-6,10-11,15H,7-9,14H2,1-2H3. The van der Waals surface area contributed by atoms with E-state index in [1.807, 2.05) is 0 Å². The van der Waals surface area contributed by atoms with E-state index in [1.54, 1.807) is 28.6 Å². The second-order valence-electron chi connectivity index (χ2n) is 5.44. The highest BCUT2D eigenvalue weighted by molar-refractivity contribution is 7.89. The number of nitrogen functional groups attached to an aromatic ring is 1. The number of piperidine rings is 1. The van der Waals surface area contributed by atoms with Crippen molar-refractivity contribution in [2.75, 3.05) is 18.5 Å². The fourth-order valence-corrected chi connectivity index (χ4v) is 4.35. The molecule has 2 atom stereocenters. The average Bonchev–Trinajstić information content (AvgIpc) is 2.37. The van der Waals surface area contributed by atoms with Crippen molar-refractivity contribution in [2.45, 2.75) is 25.2 Å². The van der Waals surface area contributed by atoms with Crippen molar-refractivity contribution >= 4 is 15.7 Å². The summed E-state index contributed by atoms with van der Waals surface area (Å²) in [6.07, 6.45) is 1.09. The predicted octanol–water partition coefficient (Wildman–Crippen LogP) is 1.64. The van der Waals surface area contributed by atoms with Crippen LogP contribution in [0.15, 0.2) is 29.2 Å². The Hall–Kier alpha value is -1.11. The van der Waals surface area contributed by atoms with E-state index in [0.29, 0.717) is 35.5 Å². The fraction of sp³-hybridized carbons (Fsp3) is 0.538. The molecule has 1 saturated heterocycles. The summed E-state index contributed by atoms with van der Waals surface area (Å²) in [6, 6.07) is 6.52. The molecule has 0 bridgehead atoms. The molecule has 5 nitrogen and oxygen atoms in total. The van der Waals surface area contributed by atoms with Gasteiger partial charge in [0.25, 0.3) is 0 Å². The minimum Gasteiger partial charge on any atom is -0.324 e. The fourth-order valence-electron chi connectivity index (χ4n) is 2.67. The van der Waals surface area contributed by atoms with Crippen molar-refractivity contribution < 1.29 is 8.42 Å². The molecule has 1 heterocycles. The zero-order valence-corrected chi connectivity index (χ0v) is 12.2. The molecule has 1 aromatic carbocycles. The van der Waals surface area contributed by atoms with Crippen LogP contribution in [0.2, 0.25) is 0 Å². The number of anilines is 1. The third-order valence-electron chi connectivity index (χ3n) is 3.49. The van der Waals surface area contributed by atoms with Gasteiger partial charge in [0.1, 0.15) is 0 Å². The van der Waals surface area contributed by atoms with Crippen molar-refractivity contribution in [3.05, 3.63) is 24.3 Å². The minimum absolute atomic E-state index is 0.327. The van der Waals surface area contributed by atoms with E-state index in [4.69, 9.17) is 5.84 Å². The highest BCUT2D eigenvalue weighted by atomic mass is 32.2. The Morgan fingerprint density at radius 1 is 1.16 bits per heavy atom. The third kappa shape index (κ3) is 3.08. The molecule has 19 heavy (non-hydrogen) atoms. The lowest BCUT2D eigenvalue weighted by atomic mass is 9.94. The number of nitrogens with two attached hydrogens (primary N) is 1. The van der Waals surface area contributed by atoms with Crippen molar-refractivity contribution in [2.24, 2.45) is 17.7 Å². The first-order chi connectivity index (χ1) is 8.93. The number of hydrogen-bond acceptors (Lipinski definition) is 4. The first kappa shape index (κ1) is 14.3. The van der Waals surface area contributed by atoms with Gasteiger partial charge in [-0.3, -0.25) is 5.84 Å². The molecule has 0 radical (unpaired) electrons. The third-order valence-corrected chi connectivity index (χ3v) is 5.34. The largest absolute Gasteiger partial charge is 0.324 e. The number of nitrogens with one attached hydrogen (secondary N) is 1. The van der Waals surface area contributed by atoms with Crippen LogP contribution in [0.4, 0.5) is 5.69 Å². The Morgan fingerprint density at radius 3 is 2.16 bits per heavy atom. The molecule has 1 fully saturated rings. The molecule has 3 N–H and O–H groups in total. The molecular formula is C13H21N3O2S. The van der Waals surface area contributed by atoms with E-state index >= 15 is 0 Å². The van der Waals surface area contributed by atoms with E-state index in [0.717, 1.165) is 6.42 Å². The number of hydrogen-bond donors (Lipinski definition) is 2. The lowest BCUT2D eigenvalue weighted by molar-refractivity contribution is 0.222. The van der Waals surface area contributed by atoms with Crippen molar-refractivity contribution in [3.8, 4) is 0 Å². The monoisotopic (exact) mass is 283 g/mol. The Morgan fingerprint density at radius 2 is 1.68 bits per heavy atom. The van der Waals surface area contributed by atoms with Gasteiger partial charge in [-0.1, -0.05) is 13.8 Å². The zero-order valence-electron chi connectivity index (χ0n) is 11.3. The molecule has 0 aliphatic carbocycles. The number of hydrazine groups is 1. The van der Waals surface area contributed by atoms with E-state index in [1.165, 1.54) is 0 Å². The van der Waals surface area contributed by atoms with E-state index < -0.39 is 10.0 Å². The van der Waals surface area contributed by atoms with Crippen molar-refractivity contribution in [3.63, 3.8) is 0 Å². The molecule has 6 heteroatoms. The van der Waals surface area contributed by atoms with Gasteiger partial charge in [0.2, 0.25) is 10.0 Å². The SMILES string of the molecule is CC1CC(C)CN(S(=O)(=O)c2ccc(NN)cc2)C1. The van der Waals surface area contributed by atoms with Crippen LogP contribution in [-0.4, -0.2) is 25.8 Å². The summed E-state index contributed by atoms with van der Waals surface area (Å²) in [5.74, 6) is 6.09. The Labute approximate surface area is 114 Å². The van der Waals surface area contributed by atoms with Gasteiger partial charge in [-0.2, -0.15) is 4.31 Å². The number of sulfonamides is 1. The summed E-state index contributed by atoms with van der Waals surface area (Å²) < 4.78 is 26.7. The molecule has 0 amide bonds. The predicted molar refractivity (Wildman–Crippen MR) is 76.0 cm³/mol.